The van der Waals surface area contributed by atoms with Gasteiger partial charge in [0.05, 0.1) is 5.92 Å². The summed E-state index contributed by atoms with van der Waals surface area (Å²) in [4.78, 5) is 10.6. The molecule has 0 aromatic heterocycles. The van der Waals surface area contributed by atoms with E-state index in [-0.39, 0.29) is 0 Å². The number of benzene rings is 1. The second-order valence-electron chi connectivity index (χ2n) is 2.94. The lowest BCUT2D eigenvalue weighted by molar-refractivity contribution is -0.138. The molecular weight excluding hydrogens is 188 g/mol. The van der Waals surface area contributed by atoms with Crippen molar-refractivity contribution in [3.8, 4) is 0 Å². The van der Waals surface area contributed by atoms with E-state index in [0.717, 1.165) is 11.1 Å². The molecule has 2 nitrogen and oxygen atoms in total. The van der Waals surface area contributed by atoms with Crippen LogP contribution in [0.25, 0.3) is 0 Å². The molecule has 1 aromatic carbocycles. The van der Waals surface area contributed by atoms with Crippen LogP contribution in [0.5, 0.6) is 0 Å². The summed E-state index contributed by atoms with van der Waals surface area (Å²) in [6, 6.07) is 7.30. The molecule has 0 amide bonds. The van der Waals surface area contributed by atoms with Gasteiger partial charge in [-0.05, 0) is 18.1 Å². The molecule has 0 aliphatic carbocycles. The Morgan fingerprint density at radius 1 is 1.46 bits per heavy atom. The van der Waals surface area contributed by atoms with Crippen LogP contribution >= 0.6 is 11.6 Å². The van der Waals surface area contributed by atoms with Gasteiger partial charge in [0, 0.05) is 5.88 Å². The number of carboxylic acids is 1. The molecule has 0 fully saturated rings. The third-order valence-corrected chi connectivity index (χ3v) is 2.31. The van der Waals surface area contributed by atoms with Crippen LogP contribution in [0.2, 0.25) is 0 Å². The van der Waals surface area contributed by atoms with Crippen LogP contribution in [0.1, 0.15) is 24.0 Å². The summed E-state index contributed by atoms with van der Waals surface area (Å²) in [6.07, 6.45) is 0. The van der Waals surface area contributed by atoms with Crippen molar-refractivity contribution in [1.82, 2.24) is 0 Å². The first-order valence-corrected chi connectivity index (χ1v) is 4.56. The average molecular weight is 199 g/mol. The molecule has 0 saturated heterocycles. The fourth-order valence-corrected chi connectivity index (χ4v) is 1.22. The Hall–Kier alpha value is -1.02. The number of carbonyl (C=O) groups is 1. The number of alkyl halides is 1. The molecule has 0 unspecified atom stereocenters. The average Bonchev–Trinajstić information content (AvgIpc) is 2.17. The first-order valence-electron chi connectivity index (χ1n) is 4.02. The lowest BCUT2D eigenvalue weighted by Crippen LogP contribution is -2.07. The molecule has 0 saturated carbocycles. The lowest BCUT2D eigenvalue weighted by Gasteiger charge is -2.06. The van der Waals surface area contributed by atoms with Gasteiger partial charge in [0.15, 0.2) is 0 Å². The molecule has 1 rings (SSSR count). The van der Waals surface area contributed by atoms with E-state index < -0.39 is 11.9 Å². The van der Waals surface area contributed by atoms with E-state index in [1.165, 1.54) is 0 Å². The molecule has 0 bridgehead atoms. The summed E-state index contributed by atoms with van der Waals surface area (Å²) in [5, 5.41) is 8.74. The number of halogens is 1. The minimum Gasteiger partial charge on any atom is -0.481 e. The minimum absolute atomic E-state index is 0.454. The van der Waals surface area contributed by atoms with E-state index in [1.54, 1.807) is 19.1 Å². The monoisotopic (exact) mass is 198 g/mol. The first kappa shape index (κ1) is 10.1. The quantitative estimate of drug-likeness (QED) is 0.759. The van der Waals surface area contributed by atoms with E-state index in [2.05, 4.69) is 0 Å². The van der Waals surface area contributed by atoms with Crippen molar-refractivity contribution in [2.75, 3.05) is 0 Å². The van der Waals surface area contributed by atoms with Crippen molar-refractivity contribution in [2.45, 2.75) is 18.7 Å². The number of hydrogen-bond donors (Lipinski definition) is 1. The van der Waals surface area contributed by atoms with Crippen molar-refractivity contribution in [2.24, 2.45) is 0 Å². The summed E-state index contributed by atoms with van der Waals surface area (Å²) in [6.45, 7) is 1.66. The van der Waals surface area contributed by atoms with Crippen molar-refractivity contribution >= 4 is 17.6 Å². The van der Waals surface area contributed by atoms with E-state index in [0.29, 0.717) is 5.88 Å². The summed E-state index contributed by atoms with van der Waals surface area (Å²) < 4.78 is 0. The molecule has 13 heavy (non-hydrogen) atoms. The van der Waals surface area contributed by atoms with Gasteiger partial charge in [0.1, 0.15) is 0 Å². The number of hydrogen-bond acceptors (Lipinski definition) is 1. The molecular formula is C10H11ClO2. The zero-order valence-electron chi connectivity index (χ0n) is 7.33. The molecule has 1 atom stereocenters. The molecule has 0 radical (unpaired) electrons. The predicted octanol–water partition coefficient (Wildman–Crippen LogP) is 2.61. The molecule has 1 aromatic rings. The van der Waals surface area contributed by atoms with Gasteiger partial charge in [-0.3, -0.25) is 4.79 Å². The van der Waals surface area contributed by atoms with E-state index >= 15 is 0 Å². The summed E-state index contributed by atoms with van der Waals surface area (Å²) in [5.41, 5.74) is 1.81. The number of rotatable bonds is 3. The van der Waals surface area contributed by atoms with Gasteiger partial charge in [-0.1, -0.05) is 24.3 Å². The zero-order valence-corrected chi connectivity index (χ0v) is 8.08. The van der Waals surface area contributed by atoms with E-state index in [9.17, 15) is 4.79 Å². The second-order valence-corrected chi connectivity index (χ2v) is 3.20. The number of carboxylic acid groups (broad SMARTS) is 1. The van der Waals surface area contributed by atoms with Crippen LogP contribution in [0.15, 0.2) is 24.3 Å². The highest BCUT2D eigenvalue weighted by molar-refractivity contribution is 6.17. The molecule has 0 heterocycles. The normalized spacial score (nSPS) is 12.5. The second kappa shape index (κ2) is 4.28. The van der Waals surface area contributed by atoms with Crippen LogP contribution in [-0.4, -0.2) is 11.1 Å². The number of aliphatic carboxylic acids is 1. The fourth-order valence-electron chi connectivity index (χ4n) is 1.04. The Morgan fingerprint density at radius 2 is 2.00 bits per heavy atom. The smallest absolute Gasteiger partial charge is 0.310 e. The highest BCUT2D eigenvalue weighted by Crippen LogP contribution is 2.16. The fraction of sp³-hybridized carbons (Fsp3) is 0.300. The van der Waals surface area contributed by atoms with Gasteiger partial charge < -0.3 is 5.11 Å². The van der Waals surface area contributed by atoms with Crippen molar-refractivity contribution < 1.29 is 9.90 Å². The maximum Gasteiger partial charge on any atom is 0.310 e. The van der Waals surface area contributed by atoms with Gasteiger partial charge in [0.25, 0.3) is 0 Å². The summed E-state index contributed by atoms with van der Waals surface area (Å²) in [7, 11) is 0. The van der Waals surface area contributed by atoms with Gasteiger partial charge >= 0.3 is 5.97 Å². The molecule has 0 aliphatic rings. The maximum absolute atomic E-state index is 10.6. The highest BCUT2D eigenvalue weighted by atomic mass is 35.5. The Kier molecular flexibility index (Phi) is 3.32. The van der Waals surface area contributed by atoms with Crippen molar-refractivity contribution in [1.29, 1.82) is 0 Å². The van der Waals surface area contributed by atoms with Crippen LogP contribution in [0, 0.1) is 0 Å². The molecule has 1 N–H and O–H groups in total. The van der Waals surface area contributed by atoms with Gasteiger partial charge in [-0.25, -0.2) is 0 Å². The van der Waals surface area contributed by atoms with Crippen LogP contribution in [0.4, 0.5) is 0 Å². The molecule has 3 heteroatoms. The zero-order chi connectivity index (χ0) is 9.84. The Morgan fingerprint density at radius 3 is 2.38 bits per heavy atom. The third kappa shape index (κ3) is 2.46. The Bertz CT molecular complexity index is 292. The highest BCUT2D eigenvalue weighted by Gasteiger charge is 2.12. The van der Waals surface area contributed by atoms with Gasteiger partial charge in [-0.2, -0.15) is 0 Å². The minimum atomic E-state index is -0.807. The summed E-state index contributed by atoms with van der Waals surface area (Å²) in [5.74, 6) is -0.801. The molecule has 70 valence electrons. The SMILES string of the molecule is C[C@H](C(=O)O)c1ccc(CCl)cc1. The van der Waals surface area contributed by atoms with Crippen LogP contribution < -0.4 is 0 Å². The van der Waals surface area contributed by atoms with Gasteiger partial charge in [-0.15, -0.1) is 11.6 Å². The third-order valence-electron chi connectivity index (χ3n) is 2.00. The van der Waals surface area contributed by atoms with Crippen LogP contribution in [0.3, 0.4) is 0 Å². The summed E-state index contributed by atoms with van der Waals surface area (Å²) >= 11 is 5.61. The largest absolute Gasteiger partial charge is 0.481 e. The van der Waals surface area contributed by atoms with E-state index in [1.807, 2.05) is 12.1 Å². The van der Waals surface area contributed by atoms with Crippen LogP contribution in [-0.2, 0) is 10.7 Å². The molecule has 0 aliphatic heterocycles. The Labute approximate surface area is 82.2 Å². The predicted molar refractivity (Wildman–Crippen MR) is 52.0 cm³/mol. The van der Waals surface area contributed by atoms with Crippen molar-refractivity contribution in [3.63, 3.8) is 0 Å². The Balaban J connectivity index is 2.85. The van der Waals surface area contributed by atoms with Gasteiger partial charge in [0.2, 0.25) is 0 Å². The first-order chi connectivity index (χ1) is 6.15. The van der Waals surface area contributed by atoms with Crippen molar-refractivity contribution in [3.05, 3.63) is 35.4 Å². The molecule has 0 spiro atoms. The topological polar surface area (TPSA) is 37.3 Å². The standard InChI is InChI=1S/C10H11ClO2/c1-7(10(12)13)9-4-2-8(6-11)3-5-9/h2-5,7H,6H2,1H3,(H,12,13)/t7-/m0/s1. The maximum atomic E-state index is 10.6. The lowest BCUT2D eigenvalue weighted by atomic mass is 10.0. The van der Waals surface area contributed by atoms with E-state index in [4.69, 9.17) is 16.7 Å².